The number of anilines is 2. The smallest absolute Gasteiger partial charge is 0.238 e. The summed E-state index contributed by atoms with van der Waals surface area (Å²) < 4.78 is 23.6. The maximum absolute atomic E-state index is 13.0. The van der Waals surface area contributed by atoms with Gasteiger partial charge in [-0.3, -0.25) is 14.5 Å². The van der Waals surface area contributed by atoms with Gasteiger partial charge in [-0.15, -0.1) is 0 Å². The molecule has 7 nitrogen and oxygen atoms in total. The van der Waals surface area contributed by atoms with E-state index in [2.05, 4.69) is 10.6 Å². The fraction of sp³-hybridized carbons (Fsp3) is 0.333. The number of ether oxygens (including phenoxy) is 2. The summed E-state index contributed by atoms with van der Waals surface area (Å²) in [4.78, 5) is 26.5. The Bertz CT molecular complexity index is 852. The standard InChI is InChI=1S/C21H24FN3O4/c1-28-19-13-17(23-20(26)12-15-2-4-16(22)5-3-15)6-7-18(19)24-21(27)14-25-8-10-29-11-9-25/h2-7,13H,8-12,14H2,1H3,(H,23,26)(H,24,27). The molecule has 0 radical (unpaired) electrons. The predicted octanol–water partition coefficient (Wildman–Crippen LogP) is 2.29. The number of carbonyl (C=O) groups is 2. The third-order valence-corrected chi connectivity index (χ3v) is 4.51. The van der Waals surface area contributed by atoms with Crippen molar-refractivity contribution in [2.24, 2.45) is 0 Å². The summed E-state index contributed by atoms with van der Waals surface area (Å²) in [6.07, 6.45) is 0.126. The number of nitrogens with zero attached hydrogens (tertiary/aromatic N) is 1. The van der Waals surface area contributed by atoms with E-state index >= 15 is 0 Å². The number of hydrogen-bond donors (Lipinski definition) is 2. The number of halogens is 1. The van der Waals surface area contributed by atoms with E-state index in [4.69, 9.17) is 9.47 Å². The Morgan fingerprint density at radius 1 is 1.07 bits per heavy atom. The third kappa shape index (κ3) is 6.27. The van der Waals surface area contributed by atoms with Crippen molar-refractivity contribution < 1.29 is 23.5 Å². The number of hydrogen-bond acceptors (Lipinski definition) is 5. The van der Waals surface area contributed by atoms with Crippen LogP contribution < -0.4 is 15.4 Å². The average Bonchev–Trinajstić information content (AvgIpc) is 2.71. The third-order valence-electron chi connectivity index (χ3n) is 4.51. The van der Waals surface area contributed by atoms with Gasteiger partial charge in [0.2, 0.25) is 11.8 Å². The van der Waals surface area contributed by atoms with E-state index in [1.165, 1.54) is 19.2 Å². The molecule has 0 atom stereocenters. The summed E-state index contributed by atoms with van der Waals surface area (Å²) in [5, 5.41) is 5.62. The Morgan fingerprint density at radius 3 is 2.48 bits per heavy atom. The van der Waals surface area contributed by atoms with Gasteiger partial charge in [0.1, 0.15) is 11.6 Å². The zero-order chi connectivity index (χ0) is 20.6. The quantitative estimate of drug-likeness (QED) is 0.744. The highest BCUT2D eigenvalue weighted by Crippen LogP contribution is 2.28. The topological polar surface area (TPSA) is 79.9 Å². The van der Waals surface area contributed by atoms with Crippen LogP contribution in [-0.2, 0) is 20.7 Å². The van der Waals surface area contributed by atoms with Gasteiger partial charge in [0, 0.05) is 24.8 Å². The van der Waals surface area contributed by atoms with Gasteiger partial charge >= 0.3 is 0 Å². The molecule has 0 bridgehead atoms. The summed E-state index contributed by atoms with van der Waals surface area (Å²) in [5.41, 5.74) is 1.78. The van der Waals surface area contributed by atoms with Crippen molar-refractivity contribution in [3.63, 3.8) is 0 Å². The molecule has 0 saturated carbocycles. The number of nitrogens with one attached hydrogen (secondary N) is 2. The fourth-order valence-corrected chi connectivity index (χ4v) is 3.02. The Balaban J connectivity index is 1.58. The maximum Gasteiger partial charge on any atom is 0.238 e. The summed E-state index contributed by atoms with van der Waals surface area (Å²) in [5.74, 6) is -0.272. The molecule has 1 aliphatic heterocycles. The van der Waals surface area contributed by atoms with E-state index < -0.39 is 0 Å². The lowest BCUT2D eigenvalue weighted by molar-refractivity contribution is -0.118. The van der Waals surface area contributed by atoms with Gasteiger partial charge < -0.3 is 20.1 Å². The minimum absolute atomic E-state index is 0.126. The van der Waals surface area contributed by atoms with Crippen LogP contribution in [0.4, 0.5) is 15.8 Å². The molecular formula is C21H24FN3O4. The highest BCUT2D eigenvalue weighted by molar-refractivity contribution is 5.96. The van der Waals surface area contributed by atoms with Crippen LogP contribution in [0.3, 0.4) is 0 Å². The Labute approximate surface area is 168 Å². The number of amides is 2. The van der Waals surface area contributed by atoms with Gasteiger partial charge in [0.25, 0.3) is 0 Å². The number of morpholine rings is 1. The van der Waals surface area contributed by atoms with Crippen molar-refractivity contribution in [1.29, 1.82) is 0 Å². The Morgan fingerprint density at radius 2 is 1.79 bits per heavy atom. The van der Waals surface area contributed by atoms with Crippen LogP contribution in [0.2, 0.25) is 0 Å². The first kappa shape index (κ1) is 20.8. The molecule has 2 N–H and O–H groups in total. The first-order valence-electron chi connectivity index (χ1n) is 9.36. The van der Waals surface area contributed by atoms with E-state index in [1.807, 2.05) is 4.90 Å². The second-order valence-corrected chi connectivity index (χ2v) is 6.70. The van der Waals surface area contributed by atoms with Gasteiger partial charge in [0.05, 0.1) is 39.0 Å². The van der Waals surface area contributed by atoms with Crippen molar-refractivity contribution in [1.82, 2.24) is 4.90 Å². The molecule has 3 rings (SSSR count). The number of benzene rings is 2. The SMILES string of the molecule is COc1cc(NC(=O)Cc2ccc(F)cc2)ccc1NC(=O)CN1CCOCC1. The molecule has 0 unspecified atom stereocenters. The molecule has 0 aromatic heterocycles. The van der Waals surface area contributed by atoms with Gasteiger partial charge in [-0.05, 0) is 29.8 Å². The van der Waals surface area contributed by atoms with Crippen LogP contribution in [0.25, 0.3) is 0 Å². The molecule has 2 aromatic carbocycles. The fourth-order valence-electron chi connectivity index (χ4n) is 3.02. The van der Waals surface area contributed by atoms with E-state index in [0.29, 0.717) is 35.9 Å². The predicted molar refractivity (Wildman–Crippen MR) is 108 cm³/mol. The van der Waals surface area contributed by atoms with E-state index in [9.17, 15) is 14.0 Å². The molecule has 29 heavy (non-hydrogen) atoms. The number of rotatable bonds is 7. The molecule has 1 saturated heterocycles. The van der Waals surface area contributed by atoms with Gasteiger partial charge in [0.15, 0.2) is 0 Å². The number of carbonyl (C=O) groups excluding carboxylic acids is 2. The van der Waals surface area contributed by atoms with Crippen LogP contribution >= 0.6 is 0 Å². The zero-order valence-electron chi connectivity index (χ0n) is 16.2. The zero-order valence-corrected chi connectivity index (χ0v) is 16.2. The molecule has 0 spiro atoms. The van der Waals surface area contributed by atoms with E-state index in [0.717, 1.165) is 13.1 Å². The van der Waals surface area contributed by atoms with Crippen LogP contribution in [0, 0.1) is 5.82 Å². The van der Waals surface area contributed by atoms with Crippen molar-refractivity contribution in [3.8, 4) is 5.75 Å². The lowest BCUT2D eigenvalue weighted by Gasteiger charge is -2.25. The Hall–Kier alpha value is -2.97. The summed E-state index contributed by atoms with van der Waals surface area (Å²) in [6, 6.07) is 10.8. The first-order valence-corrected chi connectivity index (χ1v) is 9.36. The van der Waals surface area contributed by atoms with Crippen LogP contribution in [0.15, 0.2) is 42.5 Å². The lowest BCUT2D eigenvalue weighted by Crippen LogP contribution is -2.41. The second kappa shape index (κ2) is 9.99. The van der Waals surface area contributed by atoms with Crippen LogP contribution in [-0.4, -0.2) is 56.7 Å². The minimum atomic E-state index is -0.342. The molecule has 154 valence electrons. The highest BCUT2D eigenvalue weighted by atomic mass is 19.1. The van der Waals surface area contributed by atoms with E-state index in [1.54, 1.807) is 30.3 Å². The molecule has 1 heterocycles. The normalized spacial score (nSPS) is 14.3. The van der Waals surface area contributed by atoms with Crippen molar-refractivity contribution >= 4 is 23.2 Å². The summed E-state index contributed by atoms with van der Waals surface area (Å²) in [6.45, 7) is 2.99. The monoisotopic (exact) mass is 401 g/mol. The maximum atomic E-state index is 13.0. The van der Waals surface area contributed by atoms with Gasteiger partial charge in [-0.25, -0.2) is 4.39 Å². The second-order valence-electron chi connectivity index (χ2n) is 6.70. The van der Waals surface area contributed by atoms with Gasteiger partial charge in [-0.2, -0.15) is 0 Å². The molecule has 1 aliphatic rings. The average molecular weight is 401 g/mol. The summed E-state index contributed by atoms with van der Waals surface area (Å²) >= 11 is 0. The van der Waals surface area contributed by atoms with Crippen molar-refractivity contribution in [3.05, 3.63) is 53.8 Å². The van der Waals surface area contributed by atoms with Crippen molar-refractivity contribution in [2.75, 3.05) is 50.6 Å². The first-order chi connectivity index (χ1) is 14.0. The lowest BCUT2D eigenvalue weighted by atomic mass is 10.1. The van der Waals surface area contributed by atoms with Crippen LogP contribution in [0.1, 0.15) is 5.56 Å². The molecule has 2 amide bonds. The molecule has 0 aliphatic carbocycles. The largest absolute Gasteiger partial charge is 0.494 e. The van der Waals surface area contributed by atoms with Crippen molar-refractivity contribution in [2.45, 2.75) is 6.42 Å². The summed E-state index contributed by atoms with van der Waals surface area (Å²) in [7, 11) is 1.50. The van der Waals surface area contributed by atoms with Gasteiger partial charge in [-0.1, -0.05) is 12.1 Å². The minimum Gasteiger partial charge on any atom is -0.494 e. The highest BCUT2D eigenvalue weighted by Gasteiger charge is 2.16. The molecule has 8 heteroatoms. The molecule has 2 aromatic rings. The molecule has 1 fully saturated rings. The van der Waals surface area contributed by atoms with E-state index in [-0.39, 0.29) is 30.6 Å². The van der Waals surface area contributed by atoms with Crippen LogP contribution in [0.5, 0.6) is 5.75 Å². The Kier molecular flexibility index (Phi) is 7.15. The molecular weight excluding hydrogens is 377 g/mol. The number of methoxy groups -OCH3 is 1.